The zero-order valence-corrected chi connectivity index (χ0v) is 11.4. The molecule has 2 atom stereocenters. The minimum Gasteiger partial charge on any atom is -0.348 e. The molecule has 1 fully saturated rings. The molecule has 1 heterocycles. The van der Waals surface area contributed by atoms with Gasteiger partial charge in [0.1, 0.15) is 5.82 Å². The van der Waals surface area contributed by atoms with Crippen molar-refractivity contribution in [3.8, 4) is 0 Å². The number of hydrogen-bond acceptors (Lipinski definition) is 2. The van der Waals surface area contributed by atoms with Gasteiger partial charge in [0.25, 0.3) is 5.91 Å². The first-order valence-electron chi connectivity index (χ1n) is 6.65. The SMILES string of the molecule is CC1CNCC(NC(=O)c2ccc(F)c(C(F)(F)F)c2)C1. The van der Waals surface area contributed by atoms with E-state index < -0.39 is 23.5 Å². The Bertz CT molecular complexity index is 530. The second-order valence-corrected chi connectivity index (χ2v) is 5.36. The van der Waals surface area contributed by atoms with Gasteiger partial charge in [-0.15, -0.1) is 0 Å². The predicted octanol–water partition coefficient (Wildman–Crippen LogP) is 2.57. The van der Waals surface area contributed by atoms with Gasteiger partial charge in [-0.2, -0.15) is 13.2 Å². The van der Waals surface area contributed by atoms with E-state index in [1.54, 1.807) is 0 Å². The highest BCUT2D eigenvalue weighted by molar-refractivity contribution is 5.94. The van der Waals surface area contributed by atoms with Gasteiger partial charge in [0.15, 0.2) is 0 Å². The van der Waals surface area contributed by atoms with E-state index >= 15 is 0 Å². The maximum Gasteiger partial charge on any atom is 0.419 e. The molecule has 2 rings (SSSR count). The molecule has 1 aliphatic rings. The summed E-state index contributed by atoms with van der Waals surface area (Å²) in [5.74, 6) is -1.63. The van der Waals surface area contributed by atoms with Crippen LogP contribution in [0.3, 0.4) is 0 Å². The maximum absolute atomic E-state index is 13.2. The van der Waals surface area contributed by atoms with E-state index in [1.165, 1.54) is 0 Å². The number of carbonyl (C=O) groups excluding carboxylic acids is 1. The topological polar surface area (TPSA) is 41.1 Å². The quantitative estimate of drug-likeness (QED) is 0.825. The Labute approximate surface area is 119 Å². The third-order valence-electron chi connectivity index (χ3n) is 3.44. The number of halogens is 4. The summed E-state index contributed by atoms with van der Waals surface area (Å²) in [6, 6.07) is 2.13. The first-order valence-corrected chi connectivity index (χ1v) is 6.65. The average molecular weight is 304 g/mol. The molecule has 3 nitrogen and oxygen atoms in total. The van der Waals surface area contributed by atoms with Crippen LogP contribution in [0.4, 0.5) is 17.6 Å². The van der Waals surface area contributed by atoms with Gasteiger partial charge in [0.05, 0.1) is 5.56 Å². The molecule has 0 saturated carbocycles. The summed E-state index contributed by atoms with van der Waals surface area (Å²) in [5, 5.41) is 5.80. The lowest BCUT2D eigenvalue weighted by atomic mass is 9.97. The van der Waals surface area contributed by atoms with Crippen LogP contribution in [0, 0.1) is 11.7 Å². The molecular weight excluding hydrogens is 288 g/mol. The Morgan fingerprint density at radius 2 is 2.05 bits per heavy atom. The van der Waals surface area contributed by atoms with Gasteiger partial charge in [-0.3, -0.25) is 4.79 Å². The predicted molar refractivity (Wildman–Crippen MR) is 69.3 cm³/mol. The van der Waals surface area contributed by atoms with E-state index in [0.29, 0.717) is 24.6 Å². The number of benzene rings is 1. The fourth-order valence-electron chi connectivity index (χ4n) is 2.42. The van der Waals surface area contributed by atoms with E-state index in [0.717, 1.165) is 19.0 Å². The van der Waals surface area contributed by atoms with E-state index in [-0.39, 0.29) is 11.6 Å². The van der Waals surface area contributed by atoms with E-state index in [9.17, 15) is 22.4 Å². The van der Waals surface area contributed by atoms with Gasteiger partial charge in [-0.25, -0.2) is 4.39 Å². The first kappa shape index (κ1) is 15.8. The van der Waals surface area contributed by atoms with Crippen molar-refractivity contribution in [2.24, 2.45) is 5.92 Å². The maximum atomic E-state index is 13.2. The summed E-state index contributed by atoms with van der Waals surface area (Å²) < 4.78 is 51.0. The second-order valence-electron chi connectivity index (χ2n) is 5.36. The highest BCUT2D eigenvalue weighted by atomic mass is 19.4. The number of nitrogens with one attached hydrogen (secondary N) is 2. The smallest absolute Gasteiger partial charge is 0.348 e. The van der Waals surface area contributed by atoms with E-state index in [2.05, 4.69) is 10.6 Å². The molecule has 1 amide bonds. The van der Waals surface area contributed by atoms with Crippen molar-refractivity contribution in [2.75, 3.05) is 13.1 Å². The first-order chi connectivity index (χ1) is 9.77. The monoisotopic (exact) mass is 304 g/mol. The van der Waals surface area contributed by atoms with Crippen LogP contribution in [-0.4, -0.2) is 25.0 Å². The third-order valence-corrected chi connectivity index (χ3v) is 3.44. The highest BCUT2D eigenvalue weighted by Crippen LogP contribution is 2.31. The number of hydrogen-bond donors (Lipinski definition) is 2. The number of amides is 1. The van der Waals surface area contributed by atoms with Crippen molar-refractivity contribution in [2.45, 2.75) is 25.6 Å². The molecule has 1 aromatic carbocycles. The standard InChI is InChI=1S/C14H16F4N2O/c1-8-4-10(7-19-6-8)20-13(21)9-2-3-12(15)11(5-9)14(16,17)18/h2-3,5,8,10,19H,4,6-7H2,1H3,(H,20,21). The largest absolute Gasteiger partial charge is 0.419 e. The van der Waals surface area contributed by atoms with Gasteiger partial charge in [0, 0.05) is 18.2 Å². The minimum atomic E-state index is -4.82. The van der Waals surface area contributed by atoms with Crippen molar-refractivity contribution < 1.29 is 22.4 Å². The Kier molecular flexibility index (Phi) is 4.51. The zero-order valence-electron chi connectivity index (χ0n) is 11.4. The van der Waals surface area contributed by atoms with Crippen LogP contribution in [0.25, 0.3) is 0 Å². The molecule has 1 saturated heterocycles. The molecular formula is C14H16F4N2O. The molecule has 2 N–H and O–H groups in total. The Balaban J connectivity index is 2.12. The van der Waals surface area contributed by atoms with Crippen LogP contribution in [0.5, 0.6) is 0 Å². The molecule has 0 aromatic heterocycles. The highest BCUT2D eigenvalue weighted by Gasteiger charge is 2.34. The lowest BCUT2D eigenvalue weighted by Crippen LogP contribution is -2.48. The van der Waals surface area contributed by atoms with Crippen molar-refractivity contribution in [1.29, 1.82) is 0 Å². The number of rotatable bonds is 2. The van der Waals surface area contributed by atoms with Crippen LogP contribution < -0.4 is 10.6 Å². The van der Waals surface area contributed by atoms with Crippen LogP contribution in [0.1, 0.15) is 29.3 Å². The summed E-state index contributed by atoms with van der Waals surface area (Å²) >= 11 is 0. The zero-order chi connectivity index (χ0) is 15.6. The van der Waals surface area contributed by atoms with Gasteiger partial charge in [-0.1, -0.05) is 6.92 Å². The lowest BCUT2D eigenvalue weighted by molar-refractivity contribution is -0.140. The van der Waals surface area contributed by atoms with Crippen LogP contribution >= 0.6 is 0 Å². The summed E-state index contributed by atoms with van der Waals surface area (Å²) in [5.41, 5.74) is -1.62. The van der Waals surface area contributed by atoms with Gasteiger partial charge in [0.2, 0.25) is 0 Å². The van der Waals surface area contributed by atoms with Crippen molar-refractivity contribution in [3.05, 3.63) is 35.1 Å². The van der Waals surface area contributed by atoms with Crippen molar-refractivity contribution >= 4 is 5.91 Å². The van der Waals surface area contributed by atoms with Crippen molar-refractivity contribution in [1.82, 2.24) is 10.6 Å². The second kappa shape index (κ2) is 6.01. The summed E-state index contributed by atoms with van der Waals surface area (Å²) in [4.78, 5) is 12.0. The Hall–Kier alpha value is -1.63. The lowest BCUT2D eigenvalue weighted by Gasteiger charge is -2.28. The number of piperidine rings is 1. The fourth-order valence-corrected chi connectivity index (χ4v) is 2.42. The molecule has 1 aliphatic heterocycles. The summed E-state index contributed by atoms with van der Waals surface area (Å²) in [6.07, 6.45) is -4.06. The fraction of sp³-hybridized carbons (Fsp3) is 0.500. The number of alkyl halides is 3. The molecule has 2 unspecified atom stereocenters. The molecule has 21 heavy (non-hydrogen) atoms. The normalized spacial score (nSPS) is 22.9. The molecule has 7 heteroatoms. The Morgan fingerprint density at radius 1 is 1.33 bits per heavy atom. The Morgan fingerprint density at radius 3 is 2.67 bits per heavy atom. The van der Waals surface area contributed by atoms with Crippen LogP contribution in [-0.2, 0) is 6.18 Å². The van der Waals surface area contributed by atoms with Gasteiger partial charge >= 0.3 is 6.18 Å². The van der Waals surface area contributed by atoms with E-state index in [1.807, 2.05) is 6.92 Å². The number of carbonyl (C=O) groups is 1. The summed E-state index contributed by atoms with van der Waals surface area (Å²) in [7, 11) is 0. The van der Waals surface area contributed by atoms with Crippen LogP contribution in [0.15, 0.2) is 18.2 Å². The van der Waals surface area contributed by atoms with E-state index in [4.69, 9.17) is 0 Å². The van der Waals surface area contributed by atoms with Crippen molar-refractivity contribution in [3.63, 3.8) is 0 Å². The summed E-state index contributed by atoms with van der Waals surface area (Å²) in [6.45, 7) is 3.44. The molecule has 0 radical (unpaired) electrons. The molecule has 0 bridgehead atoms. The molecule has 0 spiro atoms. The van der Waals surface area contributed by atoms with Gasteiger partial charge < -0.3 is 10.6 Å². The molecule has 116 valence electrons. The molecule has 0 aliphatic carbocycles. The van der Waals surface area contributed by atoms with Gasteiger partial charge in [-0.05, 0) is 37.1 Å². The minimum absolute atomic E-state index is 0.138. The molecule has 1 aromatic rings. The average Bonchev–Trinajstić information content (AvgIpc) is 2.37. The third kappa shape index (κ3) is 3.93. The van der Waals surface area contributed by atoms with Crippen LogP contribution in [0.2, 0.25) is 0 Å².